The van der Waals surface area contributed by atoms with Crippen LogP contribution in [0.15, 0.2) is 79.8 Å². The lowest BCUT2D eigenvalue weighted by Gasteiger charge is -2.14. The Labute approximate surface area is 264 Å². The third kappa shape index (κ3) is 6.33. The van der Waals surface area contributed by atoms with Crippen LogP contribution >= 0.6 is 0 Å². The first-order valence-corrected chi connectivity index (χ1v) is 13.7. The Morgan fingerprint density at radius 1 is 0.543 bits per heavy atom. The number of nitrogens with zero attached hydrogens (tertiary/aromatic N) is 9. The van der Waals surface area contributed by atoms with Gasteiger partial charge in [0.1, 0.15) is 12.0 Å². The SMILES string of the molecule is COc1cc(-n2nncc2-c2ccccn2)cc(OC)c1OC.COc1cc(-n2nncc2-c2cncnc2)cc(OC)c1OC. The number of hydrogen-bond donors (Lipinski definition) is 0. The molecule has 0 aliphatic heterocycles. The molecule has 0 spiro atoms. The molecule has 0 saturated heterocycles. The molecule has 15 heteroatoms. The van der Waals surface area contributed by atoms with Gasteiger partial charge in [0, 0.05) is 48.4 Å². The third-order valence-electron chi connectivity index (χ3n) is 6.67. The summed E-state index contributed by atoms with van der Waals surface area (Å²) in [6.45, 7) is 0. The molecule has 0 aliphatic rings. The molecular formula is C31H31N9O6. The highest BCUT2D eigenvalue weighted by Crippen LogP contribution is 2.41. The van der Waals surface area contributed by atoms with Crippen molar-refractivity contribution < 1.29 is 28.4 Å². The maximum atomic E-state index is 5.38. The van der Waals surface area contributed by atoms with Crippen molar-refractivity contribution in [2.75, 3.05) is 42.7 Å². The van der Waals surface area contributed by atoms with Gasteiger partial charge in [-0.1, -0.05) is 16.5 Å². The number of aromatic nitrogens is 9. The lowest BCUT2D eigenvalue weighted by molar-refractivity contribution is 0.324. The highest BCUT2D eigenvalue weighted by molar-refractivity contribution is 5.64. The summed E-state index contributed by atoms with van der Waals surface area (Å²) in [6, 6.07) is 12.9. The Balaban J connectivity index is 0.000000181. The van der Waals surface area contributed by atoms with Crippen molar-refractivity contribution in [3.63, 3.8) is 0 Å². The zero-order valence-electron chi connectivity index (χ0n) is 26.0. The van der Waals surface area contributed by atoms with Crippen molar-refractivity contribution in [2.45, 2.75) is 0 Å². The van der Waals surface area contributed by atoms with Gasteiger partial charge >= 0.3 is 0 Å². The molecule has 0 unspecified atom stereocenters. The summed E-state index contributed by atoms with van der Waals surface area (Å²) >= 11 is 0. The predicted octanol–water partition coefficient (Wildman–Crippen LogP) is 4.11. The van der Waals surface area contributed by atoms with Crippen molar-refractivity contribution in [1.82, 2.24) is 44.9 Å². The molecule has 0 N–H and O–H groups in total. The van der Waals surface area contributed by atoms with Gasteiger partial charge in [0.15, 0.2) is 23.0 Å². The van der Waals surface area contributed by atoms with E-state index in [1.165, 1.54) is 6.33 Å². The summed E-state index contributed by atoms with van der Waals surface area (Å²) < 4.78 is 35.5. The molecule has 0 saturated carbocycles. The van der Waals surface area contributed by atoms with Gasteiger partial charge in [-0.25, -0.2) is 19.3 Å². The van der Waals surface area contributed by atoms with Crippen LogP contribution in [0.5, 0.6) is 34.5 Å². The van der Waals surface area contributed by atoms with Gasteiger partial charge in [0.25, 0.3) is 0 Å². The van der Waals surface area contributed by atoms with E-state index in [4.69, 9.17) is 28.4 Å². The lowest BCUT2D eigenvalue weighted by Crippen LogP contribution is -2.03. The van der Waals surface area contributed by atoms with Crippen LogP contribution in [0.2, 0.25) is 0 Å². The number of hydrogen-bond acceptors (Lipinski definition) is 13. The molecule has 0 amide bonds. The summed E-state index contributed by atoms with van der Waals surface area (Å²) in [6.07, 6.45) is 9.88. The lowest BCUT2D eigenvalue weighted by atomic mass is 10.2. The van der Waals surface area contributed by atoms with Crippen LogP contribution in [0, 0.1) is 0 Å². The second-order valence-corrected chi connectivity index (χ2v) is 9.17. The number of pyridine rings is 1. The second kappa shape index (κ2) is 14.5. The van der Waals surface area contributed by atoms with Gasteiger partial charge in [-0.15, -0.1) is 10.2 Å². The van der Waals surface area contributed by atoms with Gasteiger partial charge in [-0.2, -0.15) is 0 Å². The molecule has 0 fully saturated rings. The predicted molar refractivity (Wildman–Crippen MR) is 166 cm³/mol. The van der Waals surface area contributed by atoms with E-state index in [-0.39, 0.29) is 0 Å². The van der Waals surface area contributed by atoms with E-state index in [9.17, 15) is 0 Å². The van der Waals surface area contributed by atoms with Crippen molar-refractivity contribution in [3.8, 4) is 68.5 Å². The van der Waals surface area contributed by atoms with E-state index in [2.05, 4.69) is 35.6 Å². The first-order chi connectivity index (χ1) is 22.6. The molecule has 0 aliphatic carbocycles. The van der Waals surface area contributed by atoms with Crippen molar-refractivity contribution in [3.05, 3.63) is 79.8 Å². The zero-order chi connectivity index (χ0) is 32.5. The number of methoxy groups -OCH3 is 6. The van der Waals surface area contributed by atoms with Crippen molar-refractivity contribution in [1.29, 1.82) is 0 Å². The topological polar surface area (TPSA) is 155 Å². The van der Waals surface area contributed by atoms with E-state index < -0.39 is 0 Å². The van der Waals surface area contributed by atoms with E-state index in [1.807, 2.05) is 30.3 Å². The van der Waals surface area contributed by atoms with Crippen LogP contribution in [0.25, 0.3) is 34.0 Å². The Kier molecular flexibility index (Phi) is 9.82. The summed E-state index contributed by atoms with van der Waals surface area (Å²) in [7, 11) is 9.39. The largest absolute Gasteiger partial charge is 0.493 e. The molecule has 6 aromatic rings. The maximum absolute atomic E-state index is 5.38. The van der Waals surface area contributed by atoms with Gasteiger partial charge in [0.05, 0.1) is 77.8 Å². The van der Waals surface area contributed by atoms with Crippen LogP contribution in [0.3, 0.4) is 0 Å². The fourth-order valence-corrected chi connectivity index (χ4v) is 4.55. The first kappa shape index (κ1) is 31.2. The van der Waals surface area contributed by atoms with Crippen LogP contribution in [-0.4, -0.2) is 87.6 Å². The first-order valence-electron chi connectivity index (χ1n) is 13.7. The number of ether oxygens (including phenoxy) is 6. The van der Waals surface area contributed by atoms with E-state index in [1.54, 1.807) is 95.1 Å². The van der Waals surface area contributed by atoms with Crippen LogP contribution in [0.4, 0.5) is 0 Å². The summed E-state index contributed by atoms with van der Waals surface area (Å²) in [4.78, 5) is 12.4. The molecular weight excluding hydrogens is 594 g/mol. The Hall–Kier alpha value is -6.25. The molecule has 0 radical (unpaired) electrons. The standard InChI is InChI=1S/C16H16N4O3.C15H15N5O3/c1-21-14-8-11(9-15(22-2)16(14)23-3)20-13(10-18-19-20)12-6-4-5-7-17-12;1-21-13-4-11(5-14(22-2)15(13)23-3)20-12(8-18-19-20)10-6-16-9-17-7-10/h4-10H,1-3H3;4-9H,1-3H3. The minimum absolute atomic E-state index is 0.517. The Morgan fingerprint density at radius 2 is 1.02 bits per heavy atom. The zero-order valence-corrected chi connectivity index (χ0v) is 26.0. The Morgan fingerprint density at radius 3 is 1.46 bits per heavy atom. The highest BCUT2D eigenvalue weighted by Gasteiger charge is 2.18. The minimum Gasteiger partial charge on any atom is -0.493 e. The fourth-order valence-electron chi connectivity index (χ4n) is 4.55. The maximum Gasteiger partial charge on any atom is 0.203 e. The molecule has 2 aromatic carbocycles. The monoisotopic (exact) mass is 625 g/mol. The van der Waals surface area contributed by atoms with Crippen LogP contribution < -0.4 is 28.4 Å². The van der Waals surface area contributed by atoms with Gasteiger partial charge < -0.3 is 28.4 Å². The number of rotatable bonds is 10. The normalized spacial score (nSPS) is 10.4. The average Bonchev–Trinajstić information content (AvgIpc) is 3.82. The quantitative estimate of drug-likeness (QED) is 0.215. The second-order valence-electron chi connectivity index (χ2n) is 9.17. The molecule has 0 bridgehead atoms. The van der Waals surface area contributed by atoms with Crippen LogP contribution in [0.1, 0.15) is 0 Å². The van der Waals surface area contributed by atoms with Gasteiger partial charge in [-0.3, -0.25) is 4.98 Å². The molecule has 46 heavy (non-hydrogen) atoms. The summed E-state index contributed by atoms with van der Waals surface area (Å²) in [5.41, 5.74) is 4.53. The third-order valence-corrected chi connectivity index (χ3v) is 6.67. The average molecular weight is 626 g/mol. The van der Waals surface area contributed by atoms with Crippen molar-refractivity contribution in [2.24, 2.45) is 0 Å². The smallest absolute Gasteiger partial charge is 0.203 e. The fraction of sp³-hybridized carbons (Fsp3) is 0.194. The Bertz CT molecular complexity index is 1690. The summed E-state index contributed by atoms with van der Waals surface area (Å²) in [5.74, 6) is 3.20. The molecule has 4 heterocycles. The minimum atomic E-state index is 0.517. The molecule has 6 rings (SSSR count). The van der Waals surface area contributed by atoms with Crippen molar-refractivity contribution >= 4 is 0 Å². The molecule has 0 atom stereocenters. The molecule has 4 aromatic heterocycles. The number of benzene rings is 2. The molecule has 15 nitrogen and oxygen atoms in total. The van der Waals surface area contributed by atoms with Crippen LogP contribution in [-0.2, 0) is 0 Å². The van der Waals surface area contributed by atoms with Gasteiger partial charge in [-0.05, 0) is 12.1 Å². The van der Waals surface area contributed by atoms with E-state index in [0.717, 1.165) is 34.0 Å². The summed E-state index contributed by atoms with van der Waals surface area (Å²) in [5, 5.41) is 16.2. The van der Waals surface area contributed by atoms with Gasteiger partial charge in [0.2, 0.25) is 11.5 Å². The molecule has 236 valence electrons. The highest BCUT2D eigenvalue weighted by atomic mass is 16.5. The van der Waals surface area contributed by atoms with E-state index in [0.29, 0.717) is 34.5 Å². The van der Waals surface area contributed by atoms with E-state index >= 15 is 0 Å².